The molecule has 0 saturated carbocycles. The van der Waals surface area contributed by atoms with Crippen molar-refractivity contribution in [2.24, 2.45) is 5.41 Å². The molecule has 0 aliphatic carbocycles. The number of carbonyl (C=O) groups is 1. The Morgan fingerprint density at radius 2 is 2.47 bits per heavy atom. The maximum Gasteiger partial charge on any atom is 0.228 e. The number of aryl methyl sites for hydroxylation is 1. The minimum Gasteiger partial charge on any atom is -0.347 e. The summed E-state index contributed by atoms with van der Waals surface area (Å²) in [5.41, 5.74) is 0.807. The molecule has 2 unspecified atom stereocenters. The second-order valence-electron chi connectivity index (χ2n) is 5.48. The smallest absolute Gasteiger partial charge is 0.228 e. The van der Waals surface area contributed by atoms with Gasteiger partial charge in [0.1, 0.15) is 5.01 Å². The van der Waals surface area contributed by atoms with E-state index in [-0.39, 0.29) is 17.4 Å². The molecule has 2 N–H and O–H groups in total. The average Bonchev–Trinajstić information content (AvgIpc) is 2.99. The van der Waals surface area contributed by atoms with Crippen molar-refractivity contribution in [3.8, 4) is 0 Å². The third-order valence-electron chi connectivity index (χ3n) is 3.81. The summed E-state index contributed by atoms with van der Waals surface area (Å²) >= 11 is 1.61. The lowest BCUT2D eigenvalue weighted by molar-refractivity contribution is -0.131. The molecule has 4 nitrogen and oxygen atoms in total. The van der Waals surface area contributed by atoms with Crippen LogP contribution in [0, 0.1) is 12.3 Å². The molecule has 0 radical (unpaired) electrons. The fourth-order valence-electron chi connectivity index (χ4n) is 2.73. The second-order valence-corrected chi connectivity index (χ2v) is 6.37. The van der Waals surface area contributed by atoms with Gasteiger partial charge in [-0.05, 0) is 33.2 Å². The summed E-state index contributed by atoms with van der Waals surface area (Å²) < 4.78 is 0. The molecule has 1 aliphatic rings. The van der Waals surface area contributed by atoms with Crippen LogP contribution in [0.25, 0.3) is 0 Å². The van der Waals surface area contributed by atoms with E-state index in [9.17, 15) is 4.79 Å². The highest BCUT2D eigenvalue weighted by Crippen LogP contribution is 2.32. The maximum atomic E-state index is 12.6. The van der Waals surface area contributed by atoms with Crippen LogP contribution in [0.4, 0.5) is 0 Å². The molecule has 1 aromatic heterocycles. The average molecular weight is 281 g/mol. The zero-order chi connectivity index (χ0) is 13.9. The molecule has 1 aromatic rings. The summed E-state index contributed by atoms with van der Waals surface area (Å²) in [4.78, 5) is 17.0. The summed E-state index contributed by atoms with van der Waals surface area (Å²) in [5, 5.41) is 9.48. The molecule has 0 aromatic carbocycles. The van der Waals surface area contributed by atoms with E-state index in [1.807, 2.05) is 19.2 Å². The van der Waals surface area contributed by atoms with Gasteiger partial charge in [-0.2, -0.15) is 0 Å². The van der Waals surface area contributed by atoms with Crippen molar-refractivity contribution >= 4 is 17.2 Å². The molecule has 0 bridgehead atoms. The van der Waals surface area contributed by atoms with Gasteiger partial charge in [-0.15, -0.1) is 11.3 Å². The van der Waals surface area contributed by atoms with Gasteiger partial charge in [0.05, 0.1) is 11.5 Å². The molecule has 19 heavy (non-hydrogen) atoms. The second kappa shape index (κ2) is 6.01. The molecule has 1 saturated heterocycles. The Morgan fingerprint density at radius 3 is 3.00 bits per heavy atom. The Balaban J connectivity index is 2.03. The highest BCUT2D eigenvalue weighted by molar-refractivity contribution is 7.09. The molecule has 1 aliphatic heterocycles. The van der Waals surface area contributed by atoms with E-state index in [4.69, 9.17) is 0 Å². The van der Waals surface area contributed by atoms with Gasteiger partial charge in [-0.3, -0.25) is 4.79 Å². The molecule has 2 heterocycles. The highest BCUT2D eigenvalue weighted by atomic mass is 32.1. The van der Waals surface area contributed by atoms with Crippen LogP contribution < -0.4 is 10.6 Å². The van der Waals surface area contributed by atoms with Crippen LogP contribution in [0.2, 0.25) is 0 Å². The normalized spacial score (nSPS) is 24.4. The topological polar surface area (TPSA) is 54.0 Å². The number of amides is 1. The minimum absolute atomic E-state index is 0.000492. The number of carbonyl (C=O) groups excluding carboxylic acids is 1. The first-order chi connectivity index (χ1) is 9.07. The lowest BCUT2D eigenvalue weighted by Gasteiger charge is -2.28. The number of nitrogens with zero attached hydrogens (tertiary/aromatic N) is 1. The molecular formula is C14H23N3OS. The van der Waals surface area contributed by atoms with Crippen molar-refractivity contribution in [2.45, 2.75) is 46.1 Å². The molecule has 1 amide bonds. The number of nitrogens with one attached hydrogen (secondary N) is 2. The van der Waals surface area contributed by atoms with E-state index < -0.39 is 0 Å². The van der Waals surface area contributed by atoms with Gasteiger partial charge in [0.2, 0.25) is 5.91 Å². The lowest BCUT2D eigenvalue weighted by Crippen LogP contribution is -2.43. The fraction of sp³-hybridized carbons (Fsp3) is 0.714. The third kappa shape index (κ3) is 3.15. The summed E-state index contributed by atoms with van der Waals surface area (Å²) in [5.74, 6) is 0.180. The number of hydrogen-bond acceptors (Lipinski definition) is 4. The van der Waals surface area contributed by atoms with Crippen molar-refractivity contribution in [1.29, 1.82) is 0 Å². The molecule has 2 rings (SSSR count). The molecule has 0 spiro atoms. The van der Waals surface area contributed by atoms with Crippen LogP contribution in [0.5, 0.6) is 0 Å². The van der Waals surface area contributed by atoms with Crippen molar-refractivity contribution in [2.75, 3.05) is 13.1 Å². The van der Waals surface area contributed by atoms with E-state index in [0.29, 0.717) is 0 Å². The van der Waals surface area contributed by atoms with E-state index in [0.717, 1.165) is 43.1 Å². The van der Waals surface area contributed by atoms with Crippen molar-refractivity contribution in [3.05, 3.63) is 16.1 Å². The predicted octanol–water partition coefficient (Wildman–Crippen LogP) is 2.41. The van der Waals surface area contributed by atoms with Crippen molar-refractivity contribution < 1.29 is 4.79 Å². The van der Waals surface area contributed by atoms with Gasteiger partial charge in [0, 0.05) is 17.6 Å². The fourth-order valence-corrected chi connectivity index (χ4v) is 3.53. The van der Waals surface area contributed by atoms with Crippen LogP contribution >= 0.6 is 11.3 Å². The quantitative estimate of drug-likeness (QED) is 0.871. The Bertz CT molecular complexity index is 438. The molecule has 5 heteroatoms. The summed E-state index contributed by atoms with van der Waals surface area (Å²) in [6.07, 6.45) is 2.94. The Labute approximate surface area is 119 Å². The molecule has 2 atom stereocenters. The first-order valence-electron chi connectivity index (χ1n) is 7.01. The van der Waals surface area contributed by atoms with Gasteiger partial charge in [0.25, 0.3) is 0 Å². The Morgan fingerprint density at radius 1 is 1.68 bits per heavy atom. The molecular weight excluding hydrogens is 258 g/mol. The van der Waals surface area contributed by atoms with E-state index in [2.05, 4.69) is 22.5 Å². The van der Waals surface area contributed by atoms with Gasteiger partial charge in [0.15, 0.2) is 0 Å². The van der Waals surface area contributed by atoms with Crippen LogP contribution in [0.1, 0.15) is 49.9 Å². The van der Waals surface area contributed by atoms with Gasteiger partial charge in [-0.1, -0.05) is 13.3 Å². The Kier molecular flexibility index (Phi) is 4.58. The summed E-state index contributed by atoms with van der Waals surface area (Å²) in [6, 6.07) is 0.000492. The first kappa shape index (κ1) is 14.5. The highest BCUT2D eigenvalue weighted by Gasteiger charge is 2.40. The van der Waals surface area contributed by atoms with E-state index in [1.54, 1.807) is 11.3 Å². The molecule has 1 fully saturated rings. The summed E-state index contributed by atoms with van der Waals surface area (Å²) in [7, 11) is 0. The number of hydrogen-bond donors (Lipinski definition) is 2. The zero-order valence-corrected chi connectivity index (χ0v) is 12.8. The van der Waals surface area contributed by atoms with Crippen LogP contribution in [-0.2, 0) is 4.79 Å². The minimum atomic E-state index is -0.213. The van der Waals surface area contributed by atoms with Crippen molar-refractivity contribution in [1.82, 2.24) is 15.6 Å². The van der Waals surface area contributed by atoms with Gasteiger partial charge in [-0.25, -0.2) is 4.98 Å². The largest absolute Gasteiger partial charge is 0.347 e. The zero-order valence-electron chi connectivity index (χ0n) is 12.0. The van der Waals surface area contributed by atoms with Crippen molar-refractivity contribution in [3.63, 3.8) is 0 Å². The SMILES string of the molecule is CCCC1(C(=O)NC(C)c2nc(C)cs2)CCNC1. The lowest BCUT2D eigenvalue weighted by atomic mass is 9.81. The molecule has 106 valence electrons. The number of rotatable bonds is 5. The van der Waals surface area contributed by atoms with Gasteiger partial charge >= 0.3 is 0 Å². The third-order valence-corrected chi connectivity index (χ3v) is 4.95. The number of thiazole rings is 1. The van der Waals surface area contributed by atoms with E-state index in [1.165, 1.54) is 0 Å². The maximum absolute atomic E-state index is 12.6. The monoisotopic (exact) mass is 281 g/mol. The van der Waals surface area contributed by atoms with Crippen LogP contribution in [-0.4, -0.2) is 24.0 Å². The van der Waals surface area contributed by atoms with Crippen LogP contribution in [0.3, 0.4) is 0 Å². The predicted molar refractivity (Wildman–Crippen MR) is 78.2 cm³/mol. The first-order valence-corrected chi connectivity index (χ1v) is 7.89. The summed E-state index contributed by atoms with van der Waals surface area (Å²) in [6.45, 7) is 7.88. The van der Waals surface area contributed by atoms with Gasteiger partial charge < -0.3 is 10.6 Å². The van der Waals surface area contributed by atoms with E-state index >= 15 is 0 Å². The standard InChI is InChI=1S/C14H23N3OS/c1-4-5-14(6-7-15-9-14)13(18)17-11(3)12-16-10(2)8-19-12/h8,11,15H,4-7,9H2,1-3H3,(H,17,18). The Hall–Kier alpha value is -0.940. The number of aromatic nitrogens is 1. The van der Waals surface area contributed by atoms with Crippen LogP contribution in [0.15, 0.2) is 5.38 Å².